The number of halogens is 1. The minimum absolute atomic E-state index is 0.0496. The van der Waals surface area contributed by atoms with E-state index < -0.39 is 0 Å². The Labute approximate surface area is 206 Å². The van der Waals surface area contributed by atoms with E-state index in [1.165, 1.54) is 17.7 Å². The van der Waals surface area contributed by atoms with Gasteiger partial charge in [0.15, 0.2) is 0 Å². The second-order valence-corrected chi connectivity index (χ2v) is 9.61. The van der Waals surface area contributed by atoms with E-state index in [2.05, 4.69) is 49.4 Å². The van der Waals surface area contributed by atoms with Gasteiger partial charge >= 0.3 is 0 Å². The molecule has 0 spiro atoms. The van der Waals surface area contributed by atoms with Crippen LogP contribution < -0.4 is 10.2 Å². The molecule has 6 nitrogen and oxygen atoms in total. The molecule has 1 amide bonds. The van der Waals surface area contributed by atoms with E-state index in [1.54, 1.807) is 24.5 Å². The zero-order chi connectivity index (χ0) is 24.0. The van der Waals surface area contributed by atoms with Gasteiger partial charge in [0.25, 0.3) is 0 Å². The monoisotopic (exact) mass is 473 g/mol. The largest absolute Gasteiger partial charge is 0.353 e. The quantitative estimate of drug-likeness (QED) is 0.579. The van der Waals surface area contributed by atoms with Crippen molar-refractivity contribution in [3.63, 3.8) is 0 Å². The van der Waals surface area contributed by atoms with Crippen molar-refractivity contribution in [1.82, 2.24) is 20.2 Å². The van der Waals surface area contributed by atoms with Gasteiger partial charge in [0.1, 0.15) is 5.82 Å². The van der Waals surface area contributed by atoms with Gasteiger partial charge in [-0.15, -0.1) is 0 Å². The molecular formula is C28H32FN5O. The number of rotatable bonds is 6. The number of carbonyl (C=O) groups is 1. The van der Waals surface area contributed by atoms with E-state index in [-0.39, 0.29) is 23.7 Å². The predicted octanol–water partition coefficient (Wildman–Crippen LogP) is 4.28. The molecule has 3 heterocycles. The summed E-state index contributed by atoms with van der Waals surface area (Å²) in [5, 5.41) is 3.32. The van der Waals surface area contributed by atoms with Crippen LogP contribution in [-0.4, -0.2) is 53.0 Å². The van der Waals surface area contributed by atoms with Gasteiger partial charge in [-0.25, -0.2) is 14.4 Å². The van der Waals surface area contributed by atoms with Crippen molar-refractivity contribution >= 4 is 11.9 Å². The van der Waals surface area contributed by atoms with Crippen molar-refractivity contribution in [2.45, 2.75) is 38.3 Å². The molecule has 0 bridgehead atoms. The summed E-state index contributed by atoms with van der Waals surface area (Å²) in [4.78, 5) is 26.7. The molecule has 2 aliphatic heterocycles. The number of piperidine rings is 2. The number of amides is 1. The second-order valence-electron chi connectivity index (χ2n) is 9.61. The zero-order valence-electron chi connectivity index (χ0n) is 19.9. The SMILES string of the molecule is O=C(NC1CCN(Cc2ccccc2)CC1)[C@H]1CCCN(c2ncc(-c3ccc(F)cc3)cn2)C1. The van der Waals surface area contributed by atoms with Crippen molar-refractivity contribution < 1.29 is 9.18 Å². The number of carbonyl (C=O) groups excluding carboxylic acids is 1. The van der Waals surface area contributed by atoms with Crippen LogP contribution in [0.2, 0.25) is 0 Å². The third-order valence-corrected chi connectivity index (χ3v) is 7.07. The fourth-order valence-electron chi connectivity index (χ4n) is 5.04. The predicted molar refractivity (Wildman–Crippen MR) is 135 cm³/mol. The number of nitrogens with zero attached hydrogens (tertiary/aromatic N) is 4. The second kappa shape index (κ2) is 11.0. The molecular weight excluding hydrogens is 441 g/mol. The highest BCUT2D eigenvalue weighted by Crippen LogP contribution is 2.24. The average Bonchev–Trinajstić information content (AvgIpc) is 2.91. The molecule has 7 heteroatoms. The lowest BCUT2D eigenvalue weighted by Crippen LogP contribution is -2.49. The summed E-state index contributed by atoms with van der Waals surface area (Å²) in [5.74, 6) is 0.481. The lowest BCUT2D eigenvalue weighted by molar-refractivity contribution is -0.126. The molecule has 182 valence electrons. The van der Waals surface area contributed by atoms with Crippen LogP contribution in [0.15, 0.2) is 67.0 Å². The Bertz CT molecular complexity index is 1100. The Morgan fingerprint density at radius 1 is 0.914 bits per heavy atom. The Morgan fingerprint density at radius 3 is 2.34 bits per heavy atom. The van der Waals surface area contributed by atoms with Gasteiger partial charge in [-0.2, -0.15) is 0 Å². The molecule has 1 N–H and O–H groups in total. The summed E-state index contributed by atoms with van der Waals surface area (Å²) in [6, 6.07) is 17.1. The number of hydrogen-bond donors (Lipinski definition) is 1. The Morgan fingerprint density at radius 2 is 1.63 bits per heavy atom. The average molecular weight is 474 g/mol. The van der Waals surface area contributed by atoms with Gasteiger partial charge < -0.3 is 10.2 Å². The maximum absolute atomic E-state index is 13.2. The Hall–Kier alpha value is -3.32. The number of likely N-dealkylation sites (tertiary alicyclic amines) is 1. The third kappa shape index (κ3) is 6.03. The molecule has 0 aliphatic carbocycles. The maximum atomic E-state index is 13.2. The van der Waals surface area contributed by atoms with E-state index in [1.807, 2.05) is 6.07 Å². The lowest BCUT2D eigenvalue weighted by atomic mass is 9.96. The molecule has 35 heavy (non-hydrogen) atoms. The highest BCUT2D eigenvalue weighted by molar-refractivity contribution is 5.79. The smallest absolute Gasteiger partial charge is 0.225 e. The van der Waals surface area contributed by atoms with E-state index >= 15 is 0 Å². The van der Waals surface area contributed by atoms with Gasteiger partial charge in [0.2, 0.25) is 11.9 Å². The molecule has 1 atom stereocenters. The van der Waals surface area contributed by atoms with Gasteiger partial charge in [-0.05, 0) is 48.9 Å². The van der Waals surface area contributed by atoms with Gasteiger partial charge in [-0.1, -0.05) is 42.5 Å². The van der Waals surface area contributed by atoms with Crippen LogP contribution in [0.5, 0.6) is 0 Å². The van der Waals surface area contributed by atoms with Crippen LogP contribution in [0.3, 0.4) is 0 Å². The first-order chi connectivity index (χ1) is 17.1. The van der Waals surface area contributed by atoms with Gasteiger partial charge in [0, 0.05) is 56.7 Å². The Balaban J connectivity index is 1.11. The summed E-state index contributed by atoms with van der Waals surface area (Å²) in [7, 11) is 0. The van der Waals surface area contributed by atoms with E-state index in [0.717, 1.165) is 63.0 Å². The number of aromatic nitrogens is 2. The first-order valence-corrected chi connectivity index (χ1v) is 12.5. The number of benzene rings is 2. The number of anilines is 1. The maximum Gasteiger partial charge on any atom is 0.225 e. The molecule has 2 saturated heterocycles. The highest BCUT2D eigenvalue weighted by Gasteiger charge is 2.29. The van der Waals surface area contributed by atoms with Crippen molar-refractivity contribution in [1.29, 1.82) is 0 Å². The summed E-state index contributed by atoms with van der Waals surface area (Å²) >= 11 is 0. The first-order valence-electron chi connectivity index (χ1n) is 12.5. The van der Waals surface area contributed by atoms with Crippen LogP contribution in [0.25, 0.3) is 11.1 Å². The third-order valence-electron chi connectivity index (χ3n) is 7.07. The first kappa shape index (κ1) is 23.4. The number of hydrogen-bond acceptors (Lipinski definition) is 5. The molecule has 0 radical (unpaired) electrons. The van der Waals surface area contributed by atoms with Crippen molar-refractivity contribution in [3.8, 4) is 11.1 Å². The minimum Gasteiger partial charge on any atom is -0.353 e. The Kier molecular flexibility index (Phi) is 7.33. The van der Waals surface area contributed by atoms with Crippen molar-refractivity contribution in [3.05, 3.63) is 78.4 Å². The van der Waals surface area contributed by atoms with Crippen molar-refractivity contribution in [2.24, 2.45) is 5.92 Å². The molecule has 5 rings (SSSR count). The van der Waals surface area contributed by atoms with Crippen LogP contribution in [0, 0.1) is 11.7 Å². The highest BCUT2D eigenvalue weighted by atomic mass is 19.1. The van der Waals surface area contributed by atoms with Crippen LogP contribution in [-0.2, 0) is 11.3 Å². The van der Waals surface area contributed by atoms with Gasteiger partial charge in [0.05, 0.1) is 5.92 Å². The molecule has 2 fully saturated rings. The van der Waals surface area contributed by atoms with E-state index in [9.17, 15) is 9.18 Å². The van der Waals surface area contributed by atoms with Crippen molar-refractivity contribution in [2.75, 3.05) is 31.1 Å². The van der Waals surface area contributed by atoms with Gasteiger partial charge in [-0.3, -0.25) is 9.69 Å². The molecule has 2 aliphatic rings. The van der Waals surface area contributed by atoms with Crippen LogP contribution >= 0.6 is 0 Å². The summed E-state index contributed by atoms with van der Waals surface area (Å²) < 4.78 is 13.2. The van der Waals surface area contributed by atoms with Crippen LogP contribution in [0.1, 0.15) is 31.2 Å². The summed E-state index contributed by atoms with van der Waals surface area (Å²) in [6.07, 6.45) is 7.34. The zero-order valence-corrected chi connectivity index (χ0v) is 19.9. The lowest BCUT2D eigenvalue weighted by Gasteiger charge is -2.35. The standard InChI is InChI=1S/C28H32FN5O/c29-25-10-8-22(9-11-25)24-17-30-28(31-18-24)34-14-4-7-23(20-34)27(35)32-26-12-15-33(16-13-26)19-21-5-2-1-3-6-21/h1-3,5-6,8-11,17-18,23,26H,4,7,12-16,19-20H2,(H,32,35)/t23-/m0/s1. The minimum atomic E-state index is -0.262. The topological polar surface area (TPSA) is 61.4 Å². The fourth-order valence-corrected chi connectivity index (χ4v) is 5.04. The number of nitrogens with one attached hydrogen (secondary N) is 1. The fraction of sp³-hybridized carbons (Fsp3) is 0.393. The van der Waals surface area contributed by atoms with E-state index in [4.69, 9.17) is 0 Å². The molecule has 0 saturated carbocycles. The summed E-state index contributed by atoms with van der Waals surface area (Å²) in [6.45, 7) is 4.46. The molecule has 2 aromatic carbocycles. The van der Waals surface area contributed by atoms with Crippen LogP contribution in [0.4, 0.5) is 10.3 Å². The molecule has 1 aromatic heterocycles. The molecule has 3 aromatic rings. The normalized spacial score (nSPS) is 19.5. The summed E-state index contributed by atoms with van der Waals surface area (Å²) in [5.41, 5.74) is 3.06. The molecule has 0 unspecified atom stereocenters. The van der Waals surface area contributed by atoms with E-state index in [0.29, 0.717) is 12.5 Å².